The van der Waals surface area contributed by atoms with Crippen LogP contribution in [0, 0.1) is 0 Å². The lowest BCUT2D eigenvalue weighted by molar-refractivity contribution is -0.131. The van der Waals surface area contributed by atoms with Crippen LogP contribution in [0.1, 0.15) is 67.1 Å². The summed E-state index contributed by atoms with van der Waals surface area (Å²) < 4.78 is 5.29. The standard InChI is InChI=1S/C24H30N2O3/c1-3-25(4-2)22(27)16-18-17-24(20-9-6-5-8-19(18)20)11-13-26(14-12-24)23(28)21-10-7-15-29-21/h5-10,15,18H,3-4,11-14,16-17H2,1-2H3/t18-/m1/s1. The van der Waals surface area contributed by atoms with E-state index in [1.807, 2.05) is 23.6 Å². The zero-order valence-corrected chi connectivity index (χ0v) is 17.4. The molecule has 0 unspecified atom stereocenters. The first-order chi connectivity index (χ1) is 14.1. The van der Waals surface area contributed by atoms with E-state index in [2.05, 4.69) is 24.3 Å². The Morgan fingerprint density at radius 1 is 1.10 bits per heavy atom. The first-order valence-electron chi connectivity index (χ1n) is 10.8. The molecule has 29 heavy (non-hydrogen) atoms. The van der Waals surface area contributed by atoms with E-state index in [4.69, 9.17) is 4.42 Å². The number of hydrogen-bond donors (Lipinski definition) is 0. The quantitative estimate of drug-likeness (QED) is 0.764. The Hall–Kier alpha value is -2.56. The smallest absolute Gasteiger partial charge is 0.289 e. The molecule has 1 aromatic carbocycles. The van der Waals surface area contributed by atoms with Crippen LogP contribution in [-0.4, -0.2) is 47.8 Å². The minimum absolute atomic E-state index is 0.0237. The molecule has 2 aliphatic rings. The minimum atomic E-state index is -0.0237. The summed E-state index contributed by atoms with van der Waals surface area (Å²) in [4.78, 5) is 29.3. The third-order valence-electron chi connectivity index (χ3n) is 6.89. The molecule has 4 rings (SSSR count). The maximum atomic E-state index is 12.8. The normalized spacial score (nSPS) is 19.9. The van der Waals surface area contributed by atoms with Gasteiger partial charge in [0.15, 0.2) is 5.76 Å². The maximum absolute atomic E-state index is 12.8. The number of benzene rings is 1. The number of nitrogens with zero attached hydrogens (tertiary/aromatic N) is 2. The van der Waals surface area contributed by atoms with Gasteiger partial charge >= 0.3 is 0 Å². The van der Waals surface area contributed by atoms with Gasteiger partial charge < -0.3 is 14.2 Å². The fraction of sp³-hybridized carbons (Fsp3) is 0.500. The van der Waals surface area contributed by atoms with Gasteiger partial charge in [-0.25, -0.2) is 0 Å². The summed E-state index contributed by atoms with van der Waals surface area (Å²) in [5.74, 6) is 0.906. The zero-order valence-electron chi connectivity index (χ0n) is 17.4. The Labute approximate surface area is 172 Å². The molecule has 1 spiro atoms. The van der Waals surface area contributed by atoms with Gasteiger partial charge in [0, 0.05) is 32.6 Å². The molecule has 0 bridgehead atoms. The van der Waals surface area contributed by atoms with Crippen molar-refractivity contribution in [3.8, 4) is 0 Å². The molecule has 2 heterocycles. The Morgan fingerprint density at radius 3 is 2.48 bits per heavy atom. The van der Waals surface area contributed by atoms with Crippen molar-refractivity contribution in [1.29, 1.82) is 0 Å². The maximum Gasteiger partial charge on any atom is 0.289 e. The zero-order chi connectivity index (χ0) is 20.4. The van der Waals surface area contributed by atoms with Crippen LogP contribution in [0.15, 0.2) is 47.1 Å². The summed E-state index contributed by atoms with van der Waals surface area (Å²) in [7, 11) is 0. The molecule has 0 N–H and O–H groups in total. The first kappa shape index (κ1) is 19.7. The highest BCUT2D eigenvalue weighted by atomic mass is 16.3. The lowest BCUT2D eigenvalue weighted by Gasteiger charge is -2.40. The highest BCUT2D eigenvalue weighted by Gasteiger charge is 2.46. The van der Waals surface area contributed by atoms with Gasteiger partial charge in [-0.2, -0.15) is 0 Å². The largest absolute Gasteiger partial charge is 0.459 e. The number of carbonyl (C=O) groups is 2. The Balaban J connectivity index is 1.50. The second-order valence-electron chi connectivity index (χ2n) is 8.31. The molecular formula is C24H30N2O3. The third kappa shape index (κ3) is 3.59. The number of amides is 2. The van der Waals surface area contributed by atoms with E-state index >= 15 is 0 Å². The van der Waals surface area contributed by atoms with Crippen LogP contribution in [0.2, 0.25) is 0 Å². The fourth-order valence-corrected chi connectivity index (χ4v) is 5.29. The van der Waals surface area contributed by atoms with Crippen LogP contribution in [-0.2, 0) is 10.2 Å². The highest BCUT2D eigenvalue weighted by Crippen LogP contribution is 2.52. The predicted octanol–water partition coefficient (Wildman–Crippen LogP) is 4.20. The van der Waals surface area contributed by atoms with E-state index in [0.717, 1.165) is 45.4 Å². The van der Waals surface area contributed by atoms with E-state index < -0.39 is 0 Å². The summed E-state index contributed by atoms with van der Waals surface area (Å²) >= 11 is 0. The van der Waals surface area contributed by atoms with Gasteiger partial charge in [0.1, 0.15) is 0 Å². The average molecular weight is 395 g/mol. The number of carbonyl (C=O) groups excluding carboxylic acids is 2. The van der Waals surface area contributed by atoms with Gasteiger partial charge in [0.25, 0.3) is 5.91 Å². The van der Waals surface area contributed by atoms with Gasteiger partial charge in [-0.3, -0.25) is 9.59 Å². The molecule has 154 valence electrons. The van der Waals surface area contributed by atoms with Crippen molar-refractivity contribution in [2.75, 3.05) is 26.2 Å². The van der Waals surface area contributed by atoms with Crippen molar-refractivity contribution < 1.29 is 14.0 Å². The summed E-state index contributed by atoms with van der Waals surface area (Å²) in [5, 5.41) is 0. The van der Waals surface area contributed by atoms with Crippen LogP contribution >= 0.6 is 0 Å². The van der Waals surface area contributed by atoms with Crippen LogP contribution in [0.3, 0.4) is 0 Å². The molecule has 1 fully saturated rings. The number of furan rings is 1. The molecule has 0 radical (unpaired) electrons. The van der Waals surface area contributed by atoms with E-state index in [0.29, 0.717) is 12.2 Å². The lowest BCUT2D eigenvalue weighted by atomic mass is 9.73. The van der Waals surface area contributed by atoms with Gasteiger partial charge in [-0.15, -0.1) is 0 Å². The Kier molecular flexibility index (Phi) is 5.48. The predicted molar refractivity (Wildman–Crippen MR) is 112 cm³/mol. The Morgan fingerprint density at radius 2 is 1.83 bits per heavy atom. The van der Waals surface area contributed by atoms with Crippen molar-refractivity contribution >= 4 is 11.8 Å². The van der Waals surface area contributed by atoms with Crippen molar-refractivity contribution in [3.05, 3.63) is 59.5 Å². The van der Waals surface area contributed by atoms with Crippen LogP contribution in [0.5, 0.6) is 0 Å². The summed E-state index contributed by atoms with van der Waals surface area (Å²) in [5.41, 5.74) is 2.80. The van der Waals surface area contributed by atoms with Crippen molar-refractivity contribution in [2.45, 2.75) is 50.9 Å². The molecule has 5 heteroatoms. The van der Waals surface area contributed by atoms with E-state index in [1.54, 1.807) is 18.4 Å². The summed E-state index contributed by atoms with van der Waals surface area (Å²) in [6.07, 6.45) is 5.00. The van der Waals surface area contributed by atoms with E-state index in [1.165, 1.54) is 11.1 Å². The minimum Gasteiger partial charge on any atom is -0.459 e. The highest BCUT2D eigenvalue weighted by molar-refractivity contribution is 5.91. The molecular weight excluding hydrogens is 364 g/mol. The molecule has 1 aliphatic heterocycles. The lowest BCUT2D eigenvalue weighted by Crippen LogP contribution is -2.44. The second-order valence-corrected chi connectivity index (χ2v) is 8.31. The monoisotopic (exact) mass is 394 g/mol. The molecule has 1 atom stereocenters. The summed E-state index contributed by atoms with van der Waals surface area (Å²) in [6.45, 7) is 7.06. The number of likely N-dealkylation sites (tertiary alicyclic amines) is 1. The SMILES string of the molecule is CCN(CC)C(=O)C[C@@H]1CC2(CCN(C(=O)c3ccco3)CC2)c2ccccc21. The van der Waals surface area contributed by atoms with Crippen molar-refractivity contribution in [1.82, 2.24) is 9.80 Å². The van der Waals surface area contributed by atoms with E-state index in [-0.39, 0.29) is 23.1 Å². The first-order valence-corrected chi connectivity index (χ1v) is 10.8. The summed E-state index contributed by atoms with van der Waals surface area (Å²) in [6, 6.07) is 12.1. The topological polar surface area (TPSA) is 53.8 Å². The van der Waals surface area contributed by atoms with E-state index in [9.17, 15) is 9.59 Å². The van der Waals surface area contributed by atoms with Crippen LogP contribution in [0.4, 0.5) is 0 Å². The van der Waals surface area contributed by atoms with Crippen LogP contribution in [0.25, 0.3) is 0 Å². The Bertz CT molecular complexity index is 862. The molecule has 0 saturated carbocycles. The number of rotatable bonds is 5. The second kappa shape index (κ2) is 8.05. The molecule has 1 saturated heterocycles. The van der Waals surface area contributed by atoms with Gasteiger partial charge in [0.05, 0.1) is 6.26 Å². The molecule has 2 aromatic rings. The van der Waals surface area contributed by atoms with Crippen molar-refractivity contribution in [2.24, 2.45) is 0 Å². The number of piperidine rings is 1. The van der Waals surface area contributed by atoms with Gasteiger partial charge in [-0.1, -0.05) is 24.3 Å². The number of fused-ring (bicyclic) bond motifs is 2. The molecule has 1 aliphatic carbocycles. The van der Waals surface area contributed by atoms with Crippen LogP contribution < -0.4 is 0 Å². The average Bonchev–Trinajstić information content (AvgIpc) is 3.37. The van der Waals surface area contributed by atoms with Gasteiger partial charge in [-0.05, 0) is 67.7 Å². The third-order valence-corrected chi connectivity index (χ3v) is 6.89. The molecule has 1 aromatic heterocycles. The molecule has 5 nitrogen and oxygen atoms in total. The number of hydrogen-bond acceptors (Lipinski definition) is 3. The van der Waals surface area contributed by atoms with Crippen molar-refractivity contribution in [3.63, 3.8) is 0 Å². The van der Waals surface area contributed by atoms with Gasteiger partial charge in [0.2, 0.25) is 5.91 Å². The molecule has 2 amide bonds. The fourth-order valence-electron chi connectivity index (χ4n) is 5.29.